The van der Waals surface area contributed by atoms with Crippen LogP contribution in [0.5, 0.6) is 5.75 Å². The van der Waals surface area contributed by atoms with Crippen LogP contribution in [0.25, 0.3) is 27.7 Å². The molecule has 0 radical (unpaired) electrons. The summed E-state index contributed by atoms with van der Waals surface area (Å²) >= 11 is 0. The SMILES string of the molecule is Cc1cc(-n2c(C3(C)CC(O)C3)c(-c3ccc(COC(=O)c4ccccc4)cc3)c3c(OCc4ccccc4)cc(F)cc32)ccc1F. The second-order valence-corrected chi connectivity index (χ2v) is 12.8. The van der Waals surface area contributed by atoms with E-state index in [4.69, 9.17) is 9.47 Å². The number of aromatic nitrogens is 1. The number of aliphatic hydroxyl groups is 1. The second kappa shape index (κ2) is 12.7. The van der Waals surface area contributed by atoms with Gasteiger partial charge < -0.3 is 19.1 Å². The van der Waals surface area contributed by atoms with Crippen LogP contribution >= 0.6 is 0 Å². The molecule has 0 unspecified atom stereocenters. The van der Waals surface area contributed by atoms with Gasteiger partial charge >= 0.3 is 5.97 Å². The highest BCUT2D eigenvalue weighted by Gasteiger charge is 2.46. The van der Waals surface area contributed by atoms with Gasteiger partial charge in [-0.05, 0) is 78.4 Å². The number of hydrogen-bond acceptors (Lipinski definition) is 4. The van der Waals surface area contributed by atoms with E-state index in [1.165, 1.54) is 18.2 Å². The Morgan fingerprint density at radius 2 is 1.52 bits per heavy atom. The van der Waals surface area contributed by atoms with Crippen LogP contribution in [-0.4, -0.2) is 21.7 Å². The Labute approximate surface area is 278 Å². The van der Waals surface area contributed by atoms with Gasteiger partial charge in [-0.3, -0.25) is 0 Å². The van der Waals surface area contributed by atoms with E-state index in [2.05, 4.69) is 6.92 Å². The molecule has 0 spiro atoms. The monoisotopic (exact) mass is 643 g/mol. The third-order valence-electron chi connectivity index (χ3n) is 9.20. The first kappa shape index (κ1) is 31.3. The van der Waals surface area contributed by atoms with E-state index in [9.17, 15) is 14.3 Å². The molecule has 7 heteroatoms. The third kappa shape index (κ3) is 5.98. The number of benzene rings is 5. The van der Waals surface area contributed by atoms with Crippen molar-refractivity contribution in [2.24, 2.45) is 0 Å². The number of aryl methyl sites for hydroxylation is 1. The zero-order chi connectivity index (χ0) is 33.4. The van der Waals surface area contributed by atoms with Crippen LogP contribution in [0, 0.1) is 18.6 Å². The van der Waals surface area contributed by atoms with Crippen LogP contribution in [0.2, 0.25) is 0 Å². The van der Waals surface area contributed by atoms with Gasteiger partial charge in [0.1, 0.15) is 30.6 Å². The summed E-state index contributed by atoms with van der Waals surface area (Å²) in [7, 11) is 0. The van der Waals surface area contributed by atoms with E-state index in [1.54, 1.807) is 43.3 Å². The molecule has 1 heterocycles. The molecule has 5 nitrogen and oxygen atoms in total. The zero-order valence-corrected chi connectivity index (χ0v) is 26.8. The lowest BCUT2D eigenvalue weighted by atomic mass is 9.64. The van der Waals surface area contributed by atoms with Crippen LogP contribution < -0.4 is 4.74 Å². The topological polar surface area (TPSA) is 60.7 Å². The first-order chi connectivity index (χ1) is 23.2. The first-order valence-corrected chi connectivity index (χ1v) is 16.0. The van der Waals surface area contributed by atoms with Gasteiger partial charge in [-0.25, -0.2) is 13.6 Å². The number of carbonyl (C=O) groups is 1. The van der Waals surface area contributed by atoms with Crippen molar-refractivity contribution in [2.75, 3.05) is 0 Å². The highest BCUT2D eigenvalue weighted by molar-refractivity contribution is 6.04. The molecule has 0 bridgehead atoms. The van der Waals surface area contributed by atoms with Crippen LogP contribution in [-0.2, 0) is 23.4 Å². The number of ether oxygens (including phenoxy) is 2. The second-order valence-electron chi connectivity index (χ2n) is 12.8. The molecular formula is C41H35F2NO4. The number of fused-ring (bicyclic) bond motifs is 1. The predicted octanol–water partition coefficient (Wildman–Crippen LogP) is 9.23. The number of aliphatic hydroxyl groups excluding tert-OH is 1. The van der Waals surface area contributed by atoms with Crippen LogP contribution in [0.15, 0.2) is 115 Å². The van der Waals surface area contributed by atoms with Crippen molar-refractivity contribution in [3.8, 4) is 22.6 Å². The molecule has 7 rings (SSSR count). The zero-order valence-electron chi connectivity index (χ0n) is 26.8. The maximum atomic E-state index is 15.6. The minimum absolute atomic E-state index is 0.0953. The Bertz CT molecular complexity index is 2100. The molecule has 0 aliphatic heterocycles. The Hall–Kier alpha value is -5.27. The number of carbonyl (C=O) groups excluding carboxylic acids is 1. The fraction of sp³-hybridized carbons (Fsp3) is 0.195. The van der Waals surface area contributed by atoms with Gasteiger partial charge in [-0.2, -0.15) is 0 Å². The number of hydrogen-bond donors (Lipinski definition) is 1. The van der Waals surface area contributed by atoms with Crippen molar-refractivity contribution < 1.29 is 28.2 Å². The van der Waals surface area contributed by atoms with E-state index >= 15 is 4.39 Å². The van der Waals surface area contributed by atoms with E-state index in [-0.39, 0.29) is 19.0 Å². The molecular weight excluding hydrogens is 608 g/mol. The summed E-state index contributed by atoms with van der Waals surface area (Å²) in [5, 5.41) is 11.3. The molecule has 0 atom stereocenters. The minimum atomic E-state index is -0.479. The van der Waals surface area contributed by atoms with Crippen LogP contribution in [0.3, 0.4) is 0 Å². The van der Waals surface area contributed by atoms with E-state index < -0.39 is 23.3 Å². The smallest absolute Gasteiger partial charge is 0.338 e. The summed E-state index contributed by atoms with van der Waals surface area (Å²) in [5.41, 5.74) is 6.06. The summed E-state index contributed by atoms with van der Waals surface area (Å²) < 4.78 is 44.1. The molecule has 5 aromatic carbocycles. The van der Waals surface area contributed by atoms with Crippen molar-refractivity contribution in [1.29, 1.82) is 0 Å². The van der Waals surface area contributed by atoms with Crippen molar-refractivity contribution in [3.05, 3.63) is 155 Å². The maximum absolute atomic E-state index is 15.6. The van der Waals surface area contributed by atoms with Gasteiger partial charge in [0.15, 0.2) is 0 Å². The van der Waals surface area contributed by atoms with Gasteiger partial charge in [0.2, 0.25) is 0 Å². The molecule has 48 heavy (non-hydrogen) atoms. The molecule has 6 aromatic rings. The summed E-state index contributed by atoms with van der Waals surface area (Å²) in [6, 6.07) is 34.1. The Balaban J connectivity index is 1.39. The Morgan fingerprint density at radius 1 is 0.854 bits per heavy atom. The van der Waals surface area contributed by atoms with Gasteiger partial charge in [-0.1, -0.05) is 79.7 Å². The fourth-order valence-electron chi connectivity index (χ4n) is 6.83. The lowest BCUT2D eigenvalue weighted by molar-refractivity contribution is 0.0249. The lowest BCUT2D eigenvalue weighted by Crippen LogP contribution is -2.43. The predicted molar refractivity (Wildman–Crippen MR) is 182 cm³/mol. The maximum Gasteiger partial charge on any atom is 0.338 e. The van der Waals surface area contributed by atoms with Gasteiger partial charge in [0, 0.05) is 28.4 Å². The average Bonchev–Trinajstić information content (AvgIpc) is 3.43. The number of esters is 1. The van der Waals surface area contributed by atoms with E-state index in [0.717, 1.165) is 33.3 Å². The fourth-order valence-corrected chi connectivity index (χ4v) is 6.83. The molecule has 0 amide bonds. The van der Waals surface area contributed by atoms with Crippen molar-refractivity contribution in [3.63, 3.8) is 0 Å². The highest BCUT2D eigenvalue weighted by Crippen LogP contribution is 2.53. The molecule has 1 aliphatic carbocycles. The summed E-state index contributed by atoms with van der Waals surface area (Å²) in [6.07, 6.45) is 0.538. The molecule has 1 aliphatic rings. The van der Waals surface area contributed by atoms with Gasteiger partial charge in [-0.15, -0.1) is 0 Å². The Kier molecular flexibility index (Phi) is 8.31. The van der Waals surface area contributed by atoms with E-state index in [1.807, 2.05) is 65.2 Å². The summed E-state index contributed by atoms with van der Waals surface area (Å²) in [4.78, 5) is 12.6. The van der Waals surface area contributed by atoms with E-state index in [0.29, 0.717) is 40.9 Å². The third-order valence-corrected chi connectivity index (χ3v) is 9.20. The lowest BCUT2D eigenvalue weighted by Gasteiger charge is -2.44. The molecule has 1 fully saturated rings. The Morgan fingerprint density at radius 3 is 2.19 bits per heavy atom. The normalized spacial score (nSPS) is 17.2. The molecule has 1 saturated carbocycles. The molecule has 1 aromatic heterocycles. The number of rotatable bonds is 9. The molecule has 1 N–H and O–H groups in total. The van der Waals surface area contributed by atoms with Crippen molar-refractivity contribution in [1.82, 2.24) is 4.57 Å². The standard InChI is InChI=1S/C41H35F2NO4/c1-26-19-32(17-18-34(26)43)44-35-20-31(42)21-36(47-24-27-9-5-3-6-10-27)38(35)37(39(44)41(2)22-33(45)23-41)29-15-13-28(14-16-29)25-48-40(46)30-11-7-4-8-12-30/h3-21,33,45H,22-25H2,1-2H3. The number of nitrogens with zero attached hydrogens (tertiary/aromatic N) is 1. The number of halogens is 2. The quantitative estimate of drug-likeness (QED) is 0.160. The highest BCUT2D eigenvalue weighted by atomic mass is 19.1. The molecule has 0 saturated heterocycles. The average molecular weight is 644 g/mol. The largest absolute Gasteiger partial charge is 0.488 e. The molecule has 242 valence electrons. The van der Waals surface area contributed by atoms with Gasteiger partial charge in [0.05, 0.1) is 22.6 Å². The van der Waals surface area contributed by atoms with Crippen molar-refractivity contribution >= 4 is 16.9 Å². The van der Waals surface area contributed by atoms with Crippen LogP contribution in [0.1, 0.15) is 52.5 Å². The minimum Gasteiger partial charge on any atom is -0.488 e. The summed E-state index contributed by atoms with van der Waals surface area (Å²) in [5.74, 6) is -0.815. The van der Waals surface area contributed by atoms with Crippen LogP contribution in [0.4, 0.5) is 8.78 Å². The first-order valence-electron chi connectivity index (χ1n) is 16.0. The van der Waals surface area contributed by atoms with Crippen molar-refractivity contribution in [2.45, 2.75) is 51.4 Å². The van der Waals surface area contributed by atoms with Gasteiger partial charge in [0.25, 0.3) is 0 Å². The summed E-state index contributed by atoms with van der Waals surface area (Å²) in [6.45, 7) is 4.13.